The summed E-state index contributed by atoms with van der Waals surface area (Å²) < 4.78 is 39.9. The number of hydrogen-bond acceptors (Lipinski definition) is 6. The summed E-state index contributed by atoms with van der Waals surface area (Å²) in [4.78, 5) is 22.2. The first-order chi connectivity index (χ1) is 21.4. The molecule has 4 aromatic carbocycles. The number of amides is 1. The zero-order valence-electron chi connectivity index (χ0n) is 23.6. The van der Waals surface area contributed by atoms with Crippen LogP contribution in [-0.2, 0) is 22.5 Å². The molecular formula is C33H29F2N5O4. The molecule has 0 fully saturated rings. The number of aliphatic hydroxyl groups is 1. The van der Waals surface area contributed by atoms with E-state index in [1.807, 2.05) is 30.3 Å². The van der Waals surface area contributed by atoms with Crippen molar-refractivity contribution in [2.24, 2.45) is 10.1 Å². The predicted molar refractivity (Wildman–Crippen MR) is 160 cm³/mol. The second-order valence-corrected chi connectivity index (χ2v) is 10.2. The summed E-state index contributed by atoms with van der Waals surface area (Å²) in [5, 5.41) is 15.7. The van der Waals surface area contributed by atoms with E-state index in [0.717, 1.165) is 23.8 Å². The lowest BCUT2D eigenvalue weighted by Gasteiger charge is -2.31. The van der Waals surface area contributed by atoms with Crippen LogP contribution >= 0.6 is 0 Å². The molecule has 1 aliphatic heterocycles. The van der Waals surface area contributed by atoms with Gasteiger partial charge in [-0.05, 0) is 53.1 Å². The minimum absolute atomic E-state index is 0.0150. The fourth-order valence-electron chi connectivity index (χ4n) is 5.06. The van der Waals surface area contributed by atoms with Gasteiger partial charge in [-0.25, -0.2) is 13.8 Å². The topological polar surface area (TPSA) is 129 Å². The number of nitrogens with one attached hydrogen (secondary N) is 1. The van der Waals surface area contributed by atoms with E-state index in [9.17, 15) is 19.1 Å². The molecule has 11 heteroatoms. The van der Waals surface area contributed by atoms with Gasteiger partial charge in [0.2, 0.25) is 5.90 Å². The van der Waals surface area contributed by atoms with Gasteiger partial charge < -0.3 is 19.9 Å². The molecule has 1 amide bonds. The molecule has 0 aromatic heterocycles. The average molecular weight is 598 g/mol. The van der Waals surface area contributed by atoms with Crippen LogP contribution in [0.25, 0.3) is 10.4 Å². The van der Waals surface area contributed by atoms with Gasteiger partial charge in [0, 0.05) is 53.8 Å². The lowest BCUT2D eigenvalue weighted by Crippen LogP contribution is -2.49. The van der Waals surface area contributed by atoms with E-state index in [1.54, 1.807) is 48.5 Å². The highest BCUT2D eigenvalue weighted by molar-refractivity contribution is 6.01. The van der Waals surface area contributed by atoms with E-state index >= 15 is 0 Å². The number of carbonyl (C=O) groups is 1. The van der Waals surface area contributed by atoms with Gasteiger partial charge >= 0.3 is 0 Å². The molecule has 9 nitrogen and oxygen atoms in total. The highest BCUT2D eigenvalue weighted by Crippen LogP contribution is 2.45. The number of carbonyl (C=O) groups excluding carboxylic acids is 1. The number of benzene rings is 4. The van der Waals surface area contributed by atoms with E-state index in [1.165, 1.54) is 0 Å². The molecule has 0 saturated heterocycles. The standard InChI is InChI=1S/C33H29F2N5O4/c34-25-17-23(18-26(35)19-25)21-37-32(42)33(20-22-7-2-1-3-8-22)30(28-9-4-5-10-29(28)39-40-36)44-31(38-33)24-11-13-27(14-12-24)43-16-6-15-41/h1-5,7-14,17-19,30,41H,6,15-16,20-21H2,(H,37,42)/t30-,33-/m1/s1. The molecule has 0 aliphatic carbocycles. The Morgan fingerprint density at radius 3 is 2.41 bits per heavy atom. The van der Waals surface area contributed by atoms with Crippen LogP contribution in [0.15, 0.2) is 107 Å². The Morgan fingerprint density at radius 1 is 1.00 bits per heavy atom. The Bertz CT molecular complexity index is 1670. The van der Waals surface area contributed by atoms with Crippen LogP contribution in [0.5, 0.6) is 5.75 Å². The lowest BCUT2D eigenvalue weighted by atomic mass is 9.81. The Labute approximate surface area is 252 Å². The highest BCUT2D eigenvalue weighted by atomic mass is 19.1. The molecule has 0 bridgehead atoms. The Balaban J connectivity index is 1.59. The molecule has 1 aliphatic rings. The van der Waals surface area contributed by atoms with Gasteiger partial charge in [0.25, 0.3) is 5.91 Å². The van der Waals surface area contributed by atoms with Gasteiger partial charge in [-0.2, -0.15) is 0 Å². The van der Waals surface area contributed by atoms with Crippen molar-refractivity contribution in [2.75, 3.05) is 13.2 Å². The van der Waals surface area contributed by atoms with Crippen molar-refractivity contribution >= 4 is 17.5 Å². The van der Waals surface area contributed by atoms with E-state index in [4.69, 9.17) is 19.6 Å². The van der Waals surface area contributed by atoms with Crippen LogP contribution in [0.3, 0.4) is 0 Å². The maximum Gasteiger partial charge on any atom is 0.252 e. The fourth-order valence-corrected chi connectivity index (χ4v) is 5.06. The molecule has 2 N–H and O–H groups in total. The Kier molecular flexibility index (Phi) is 9.49. The smallest absolute Gasteiger partial charge is 0.252 e. The maximum absolute atomic E-state index is 14.3. The first-order valence-electron chi connectivity index (χ1n) is 13.9. The van der Waals surface area contributed by atoms with Crippen LogP contribution in [0.1, 0.15) is 34.8 Å². The number of aliphatic hydroxyl groups excluding tert-OH is 1. The third-order valence-corrected chi connectivity index (χ3v) is 7.09. The van der Waals surface area contributed by atoms with Gasteiger partial charge in [-0.3, -0.25) is 4.79 Å². The molecule has 0 spiro atoms. The first-order valence-corrected chi connectivity index (χ1v) is 13.9. The molecule has 224 valence electrons. The Morgan fingerprint density at radius 2 is 1.70 bits per heavy atom. The van der Waals surface area contributed by atoms with Gasteiger partial charge in [0.15, 0.2) is 11.6 Å². The van der Waals surface area contributed by atoms with Crippen LogP contribution < -0.4 is 10.1 Å². The van der Waals surface area contributed by atoms with Crippen molar-refractivity contribution in [3.8, 4) is 5.75 Å². The minimum atomic E-state index is -1.61. The highest BCUT2D eigenvalue weighted by Gasteiger charge is 2.53. The first kappa shape index (κ1) is 30.2. The van der Waals surface area contributed by atoms with Crippen LogP contribution in [0.2, 0.25) is 0 Å². The van der Waals surface area contributed by atoms with E-state index < -0.39 is 29.2 Å². The van der Waals surface area contributed by atoms with Crippen LogP contribution in [0.4, 0.5) is 14.5 Å². The summed E-state index contributed by atoms with van der Waals surface area (Å²) in [5.41, 5.74) is 9.95. The lowest BCUT2D eigenvalue weighted by molar-refractivity contribution is -0.129. The summed E-state index contributed by atoms with van der Waals surface area (Å²) in [7, 11) is 0. The summed E-state index contributed by atoms with van der Waals surface area (Å²) >= 11 is 0. The molecular weight excluding hydrogens is 568 g/mol. The second-order valence-electron chi connectivity index (χ2n) is 10.2. The summed E-state index contributed by atoms with van der Waals surface area (Å²) in [5.74, 6) is -1.31. The number of ether oxygens (including phenoxy) is 2. The second kappa shape index (κ2) is 13.8. The van der Waals surface area contributed by atoms with Crippen molar-refractivity contribution in [3.63, 3.8) is 0 Å². The van der Waals surface area contributed by atoms with E-state index in [-0.39, 0.29) is 36.7 Å². The zero-order chi connectivity index (χ0) is 30.9. The fraction of sp³-hybridized carbons (Fsp3) is 0.212. The van der Waals surface area contributed by atoms with E-state index in [0.29, 0.717) is 29.9 Å². The molecule has 0 saturated carbocycles. The number of hydrogen-bond donors (Lipinski definition) is 2. The maximum atomic E-state index is 14.3. The van der Waals surface area contributed by atoms with Crippen molar-refractivity contribution in [2.45, 2.75) is 31.0 Å². The molecule has 0 unspecified atom stereocenters. The monoisotopic (exact) mass is 597 g/mol. The predicted octanol–water partition coefficient (Wildman–Crippen LogP) is 6.48. The van der Waals surface area contributed by atoms with Gasteiger partial charge in [0.1, 0.15) is 17.4 Å². The van der Waals surface area contributed by atoms with Crippen LogP contribution in [0, 0.1) is 11.6 Å². The van der Waals surface area contributed by atoms with Crippen molar-refractivity contribution in [3.05, 3.63) is 141 Å². The SMILES string of the molecule is [N-]=[N+]=Nc1ccccc1[C@H]1OC(c2ccc(OCCCO)cc2)=N[C@@]1(Cc1ccccc1)C(=O)NCc1cc(F)cc(F)c1. The number of nitrogens with zero attached hydrogens (tertiary/aromatic N) is 4. The van der Waals surface area contributed by atoms with Gasteiger partial charge in [-0.15, -0.1) is 0 Å². The normalized spacial score (nSPS) is 17.2. The summed E-state index contributed by atoms with van der Waals surface area (Å²) in [6, 6.07) is 26.0. The summed E-state index contributed by atoms with van der Waals surface area (Å²) in [6.07, 6.45) is -0.453. The third-order valence-electron chi connectivity index (χ3n) is 7.09. The minimum Gasteiger partial charge on any atom is -0.494 e. The number of azide groups is 1. The number of halogens is 2. The van der Waals surface area contributed by atoms with Gasteiger partial charge in [0.05, 0.1) is 6.61 Å². The van der Waals surface area contributed by atoms with E-state index in [2.05, 4.69) is 15.3 Å². The number of aliphatic imine (C=N–C) groups is 1. The average Bonchev–Trinajstić information content (AvgIpc) is 3.41. The molecule has 2 atom stereocenters. The zero-order valence-corrected chi connectivity index (χ0v) is 23.6. The molecule has 0 radical (unpaired) electrons. The molecule has 44 heavy (non-hydrogen) atoms. The molecule has 1 heterocycles. The van der Waals surface area contributed by atoms with Gasteiger partial charge in [-0.1, -0.05) is 59.7 Å². The largest absolute Gasteiger partial charge is 0.494 e. The van der Waals surface area contributed by atoms with Crippen LogP contribution in [-0.4, -0.2) is 35.7 Å². The Hall–Kier alpha value is -5.25. The number of rotatable bonds is 12. The van der Waals surface area contributed by atoms with Crippen molar-refractivity contribution in [1.82, 2.24) is 5.32 Å². The van der Waals surface area contributed by atoms with Crippen molar-refractivity contribution < 1.29 is 28.2 Å². The summed E-state index contributed by atoms with van der Waals surface area (Å²) in [6.45, 7) is 0.196. The third kappa shape index (κ3) is 6.86. The van der Waals surface area contributed by atoms with Crippen molar-refractivity contribution in [1.29, 1.82) is 0 Å². The quantitative estimate of drug-likeness (QED) is 0.0838. The molecule has 5 rings (SSSR count). The molecule has 4 aromatic rings.